The highest BCUT2D eigenvalue weighted by atomic mass is 32.2. The van der Waals surface area contributed by atoms with Gasteiger partial charge in [-0.25, -0.2) is 4.79 Å². The molecule has 2 aliphatic heterocycles. The summed E-state index contributed by atoms with van der Waals surface area (Å²) in [6, 6.07) is -0.0464. The maximum atomic E-state index is 11.8. The number of carbonyl (C=O) groups excluding carboxylic acids is 1. The second kappa shape index (κ2) is 3.56. The van der Waals surface area contributed by atoms with Gasteiger partial charge in [0, 0.05) is 12.3 Å². The van der Waals surface area contributed by atoms with E-state index in [-0.39, 0.29) is 23.5 Å². The first-order valence-corrected chi connectivity index (χ1v) is 6.22. The molecule has 0 aromatic heterocycles. The van der Waals surface area contributed by atoms with Crippen LogP contribution in [0.3, 0.4) is 0 Å². The third-order valence-electron chi connectivity index (χ3n) is 2.66. The number of hydrogen-bond donors (Lipinski definition) is 1. The van der Waals surface area contributed by atoms with Gasteiger partial charge in [0.25, 0.3) is 0 Å². The van der Waals surface area contributed by atoms with E-state index in [9.17, 15) is 9.90 Å². The van der Waals surface area contributed by atoms with Crippen molar-refractivity contribution in [2.24, 2.45) is 0 Å². The number of rotatable bonds is 0. The van der Waals surface area contributed by atoms with Gasteiger partial charge in [-0.2, -0.15) is 11.8 Å². The predicted molar refractivity (Wildman–Crippen MR) is 59.0 cm³/mol. The molecule has 1 N–H and O–H groups in total. The maximum absolute atomic E-state index is 11.8. The van der Waals surface area contributed by atoms with Crippen LogP contribution in [0.5, 0.6) is 0 Å². The SMILES string of the molecule is CC(C)(C)OC(=O)N1CC2SC[C@@H]1[C@@H]2O. The van der Waals surface area contributed by atoms with Gasteiger partial charge in [0.05, 0.1) is 17.4 Å². The number of likely N-dealkylation sites (tertiary alicyclic amines) is 1. The van der Waals surface area contributed by atoms with E-state index >= 15 is 0 Å². The fraction of sp³-hybridized carbons (Fsp3) is 0.900. The van der Waals surface area contributed by atoms with Crippen molar-refractivity contribution in [2.75, 3.05) is 12.3 Å². The van der Waals surface area contributed by atoms with E-state index in [4.69, 9.17) is 4.74 Å². The lowest BCUT2D eigenvalue weighted by atomic mass is 10.2. The van der Waals surface area contributed by atoms with Crippen LogP contribution < -0.4 is 0 Å². The fourth-order valence-corrected chi connectivity index (χ4v) is 3.43. The number of hydrogen-bond acceptors (Lipinski definition) is 4. The summed E-state index contributed by atoms with van der Waals surface area (Å²) in [7, 11) is 0. The zero-order chi connectivity index (χ0) is 11.2. The molecule has 1 amide bonds. The monoisotopic (exact) mass is 231 g/mol. The summed E-state index contributed by atoms with van der Waals surface area (Å²) in [5.41, 5.74) is -0.461. The number of fused-ring (bicyclic) bond motifs is 2. The lowest BCUT2D eigenvalue weighted by Gasteiger charge is -2.29. The van der Waals surface area contributed by atoms with Crippen LogP contribution in [0.25, 0.3) is 0 Å². The average molecular weight is 231 g/mol. The average Bonchev–Trinajstić information content (AvgIpc) is 2.59. The Balaban J connectivity index is 1.99. The van der Waals surface area contributed by atoms with Gasteiger partial charge in [-0.15, -0.1) is 0 Å². The van der Waals surface area contributed by atoms with Crippen LogP contribution >= 0.6 is 11.8 Å². The number of carbonyl (C=O) groups is 1. The molecule has 15 heavy (non-hydrogen) atoms. The quantitative estimate of drug-likeness (QED) is 0.678. The summed E-state index contributed by atoms with van der Waals surface area (Å²) < 4.78 is 5.29. The maximum Gasteiger partial charge on any atom is 0.410 e. The van der Waals surface area contributed by atoms with Gasteiger partial charge in [-0.3, -0.25) is 0 Å². The van der Waals surface area contributed by atoms with Crippen molar-refractivity contribution < 1.29 is 14.6 Å². The smallest absolute Gasteiger partial charge is 0.410 e. The number of aliphatic hydroxyl groups is 1. The van der Waals surface area contributed by atoms with Crippen LogP contribution in [-0.2, 0) is 4.74 Å². The van der Waals surface area contributed by atoms with E-state index in [1.807, 2.05) is 20.8 Å². The molecule has 1 unspecified atom stereocenters. The molecule has 86 valence electrons. The molecule has 2 bridgehead atoms. The van der Waals surface area contributed by atoms with Crippen LogP contribution in [0.2, 0.25) is 0 Å². The molecule has 0 saturated carbocycles. The highest BCUT2D eigenvalue weighted by Crippen LogP contribution is 2.38. The number of thioether (sulfide) groups is 1. The highest BCUT2D eigenvalue weighted by molar-refractivity contribution is 8.00. The number of aliphatic hydroxyl groups excluding tert-OH is 1. The minimum absolute atomic E-state index is 0.0464. The molecular formula is C10H17NO3S. The van der Waals surface area contributed by atoms with Gasteiger partial charge in [-0.1, -0.05) is 0 Å². The van der Waals surface area contributed by atoms with E-state index in [0.29, 0.717) is 6.54 Å². The predicted octanol–water partition coefficient (Wildman–Crippen LogP) is 1.08. The van der Waals surface area contributed by atoms with E-state index < -0.39 is 5.60 Å². The zero-order valence-corrected chi connectivity index (χ0v) is 10.1. The fourth-order valence-electron chi connectivity index (χ4n) is 1.96. The second-order valence-corrected chi connectivity index (χ2v) is 6.33. The normalized spacial score (nSPS) is 34.7. The Kier molecular flexibility index (Phi) is 2.63. The van der Waals surface area contributed by atoms with E-state index in [0.717, 1.165) is 5.75 Å². The molecule has 0 spiro atoms. The van der Waals surface area contributed by atoms with E-state index in [2.05, 4.69) is 0 Å². The molecule has 4 nitrogen and oxygen atoms in total. The number of nitrogens with zero attached hydrogens (tertiary/aromatic N) is 1. The first kappa shape index (κ1) is 11.1. The molecular weight excluding hydrogens is 214 g/mol. The molecule has 0 aliphatic carbocycles. The highest BCUT2D eigenvalue weighted by Gasteiger charge is 2.49. The Morgan fingerprint density at radius 2 is 2.20 bits per heavy atom. The first-order valence-electron chi connectivity index (χ1n) is 5.18. The standard InChI is InChI=1S/C10H17NO3S/c1-10(2,3)14-9(13)11-4-7-8(12)6(11)5-15-7/h6-8,12H,4-5H2,1-3H3/t6-,7?,8+/m1/s1. The van der Waals surface area contributed by atoms with Crippen LogP contribution in [0.4, 0.5) is 4.79 Å². The van der Waals surface area contributed by atoms with Crippen LogP contribution in [0.1, 0.15) is 20.8 Å². The molecule has 2 rings (SSSR count). The van der Waals surface area contributed by atoms with Crippen molar-refractivity contribution in [1.29, 1.82) is 0 Å². The molecule has 2 fully saturated rings. The van der Waals surface area contributed by atoms with Crippen LogP contribution in [-0.4, -0.2) is 51.4 Å². The first-order chi connectivity index (χ1) is 6.88. The Morgan fingerprint density at radius 3 is 2.60 bits per heavy atom. The summed E-state index contributed by atoms with van der Waals surface area (Å²) in [4.78, 5) is 13.4. The number of ether oxygens (including phenoxy) is 1. The summed E-state index contributed by atoms with van der Waals surface area (Å²) in [6.07, 6.45) is -0.670. The second-order valence-electron chi connectivity index (χ2n) is 5.06. The molecule has 5 heteroatoms. The third kappa shape index (κ3) is 2.08. The Bertz CT molecular complexity index is 276. The van der Waals surface area contributed by atoms with Gasteiger partial charge < -0.3 is 14.7 Å². The molecule has 0 radical (unpaired) electrons. The molecule has 2 heterocycles. The van der Waals surface area contributed by atoms with Gasteiger partial charge in [-0.05, 0) is 20.8 Å². The van der Waals surface area contributed by atoms with Gasteiger partial charge in [0.15, 0.2) is 0 Å². The van der Waals surface area contributed by atoms with Crippen molar-refractivity contribution in [2.45, 2.75) is 43.8 Å². The van der Waals surface area contributed by atoms with Crippen molar-refractivity contribution in [3.63, 3.8) is 0 Å². The van der Waals surface area contributed by atoms with Crippen molar-refractivity contribution in [1.82, 2.24) is 4.90 Å². The third-order valence-corrected chi connectivity index (χ3v) is 4.05. The summed E-state index contributed by atoms with van der Waals surface area (Å²) in [5.74, 6) is 0.824. The summed E-state index contributed by atoms with van der Waals surface area (Å²) in [5, 5.41) is 9.96. The van der Waals surface area contributed by atoms with E-state index in [1.165, 1.54) is 0 Å². The van der Waals surface area contributed by atoms with Crippen molar-refractivity contribution in [3.8, 4) is 0 Å². The topological polar surface area (TPSA) is 49.8 Å². The van der Waals surface area contributed by atoms with E-state index in [1.54, 1.807) is 16.7 Å². The minimum Gasteiger partial charge on any atom is -0.444 e. The molecule has 2 aliphatic rings. The lowest BCUT2D eigenvalue weighted by Crippen LogP contribution is -2.43. The molecule has 2 saturated heterocycles. The summed E-state index contributed by atoms with van der Waals surface area (Å²) >= 11 is 1.74. The molecule has 0 aromatic rings. The van der Waals surface area contributed by atoms with Crippen LogP contribution in [0.15, 0.2) is 0 Å². The zero-order valence-electron chi connectivity index (χ0n) is 9.27. The minimum atomic E-state index is -0.461. The van der Waals surface area contributed by atoms with Crippen molar-refractivity contribution >= 4 is 17.9 Å². The van der Waals surface area contributed by atoms with Gasteiger partial charge in [0.2, 0.25) is 0 Å². The molecule has 0 aromatic carbocycles. The largest absolute Gasteiger partial charge is 0.444 e. The van der Waals surface area contributed by atoms with Crippen LogP contribution in [0, 0.1) is 0 Å². The number of amides is 1. The Morgan fingerprint density at radius 1 is 1.53 bits per heavy atom. The van der Waals surface area contributed by atoms with Crippen molar-refractivity contribution in [3.05, 3.63) is 0 Å². The van der Waals surface area contributed by atoms with Gasteiger partial charge >= 0.3 is 6.09 Å². The van der Waals surface area contributed by atoms with Gasteiger partial charge in [0.1, 0.15) is 5.60 Å². The lowest BCUT2D eigenvalue weighted by molar-refractivity contribution is 0.0185. The molecule has 3 atom stereocenters. The Hall–Kier alpha value is -0.420. The summed E-state index contributed by atoms with van der Waals surface area (Å²) in [6.45, 7) is 6.17. The Labute approximate surface area is 94.0 Å².